The molecule has 0 saturated heterocycles. The Bertz CT molecular complexity index is 867. The van der Waals surface area contributed by atoms with E-state index < -0.39 is 0 Å². The summed E-state index contributed by atoms with van der Waals surface area (Å²) < 4.78 is 11.2. The van der Waals surface area contributed by atoms with Crippen molar-refractivity contribution in [3.8, 4) is 0 Å². The fourth-order valence-corrected chi connectivity index (χ4v) is 7.73. The average molecular weight is 779 g/mol. The Balaban J connectivity index is 4.75. The molecular formula is C48H94N2O5. The van der Waals surface area contributed by atoms with Crippen LogP contribution in [0.4, 0.5) is 0 Å². The minimum absolute atomic E-state index is 0.0110. The van der Waals surface area contributed by atoms with Crippen molar-refractivity contribution in [3.05, 3.63) is 0 Å². The van der Waals surface area contributed by atoms with Crippen molar-refractivity contribution >= 4 is 17.8 Å². The van der Waals surface area contributed by atoms with E-state index in [1.807, 2.05) is 7.05 Å². The molecule has 0 aliphatic carbocycles. The molecule has 0 aliphatic rings. The summed E-state index contributed by atoms with van der Waals surface area (Å²) in [6, 6.07) is 0.344. The lowest BCUT2D eigenvalue weighted by molar-refractivity contribution is -0.149. The Hall–Kier alpha value is -1.63. The van der Waals surface area contributed by atoms with Gasteiger partial charge in [-0.05, 0) is 77.3 Å². The van der Waals surface area contributed by atoms with E-state index in [9.17, 15) is 14.4 Å². The van der Waals surface area contributed by atoms with E-state index in [2.05, 4.69) is 44.8 Å². The first-order valence-corrected chi connectivity index (χ1v) is 24.1. The number of nitrogens with zero attached hydrogens (tertiary/aromatic N) is 1. The Kier molecular flexibility index (Phi) is 39.4. The fraction of sp³-hybridized carbons (Fsp3) is 0.938. The average Bonchev–Trinajstić information content (AvgIpc) is 3.19. The Morgan fingerprint density at radius 3 is 1.62 bits per heavy atom. The zero-order valence-corrected chi connectivity index (χ0v) is 37.7. The maximum absolute atomic E-state index is 13.8. The zero-order valence-electron chi connectivity index (χ0n) is 37.7. The molecule has 3 atom stereocenters. The van der Waals surface area contributed by atoms with E-state index in [1.165, 1.54) is 77.0 Å². The predicted octanol–water partition coefficient (Wildman–Crippen LogP) is 13.3. The van der Waals surface area contributed by atoms with Gasteiger partial charge in [0.25, 0.3) is 0 Å². The van der Waals surface area contributed by atoms with Crippen LogP contribution in [0.3, 0.4) is 0 Å². The van der Waals surface area contributed by atoms with Gasteiger partial charge in [0.05, 0.1) is 19.1 Å². The van der Waals surface area contributed by atoms with Crippen LogP contribution in [0, 0.1) is 11.8 Å². The third-order valence-corrected chi connectivity index (χ3v) is 11.7. The maximum atomic E-state index is 13.8. The molecule has 0 fully saturated rings. The van der Waals surface area contributed by atoms with E-state index >= 15 is 0 Å². The van der Waals surface area contributed by atoms with E-state index in [0.717, 1.165) is 129 Å². The van der Waals surface area contributed by atoms with Gasteiger partial charge in [-0.1, -0.05) is 169 Å². The Morgan fingerprint density at radius 2 is 1.05 bits per heavy atom. The number of carbonyl (C=O) groups is 3. The summed E-state index contributed by atoms with van der Waals surface area (Å²) in [7, 11) is 2.00. The summed E-state index contributed by atoms with van der Waals surface area (Å²) in [6.07, 6.45) is 35.3. The van der Waals surface area contributed by atoms with Gasteiger partial charge in [-0.2, -0.15) is 0 Å². The molecule has 55 heavy (non-hydrogen) atoms. The lowest BCUT2D eigenvalue weighted by Gasteiger charge is -2.33. The van der Waals surface area contributed by atoms with Gasteiger partial charge in [0, 0.05) is 25.4 Å². The van der Waals surface area contributed by atoms with Gasteiger partial charge in [0.1, 0.15) is 0 Å². The number of hydrogen-bond acceptors (Lipinski definition) is 6. The van der Waals surface area contributed by atoms with Gasteiger partial charge in [0.2, 0.25) is 5.91 Å². The van der Waals surface area contributed by atoms with Gasteiger partial charge in [-0.25, -0.2) is 0 Å². The summed E-state index contributed by atoms with van der Waals surface area (Å²) in [5.74, 6) is 0.885. The first-order valence-electron chi connectivity index (χ1n) is 24.1. The summed E-state index contributed by atoms with van der Waals surface area (Å²) in [5.41, 5.74) is 0. The van der Waals surface area contributed by atoms with E-state index in [4.69, 9.17) is 9.47 Å². The van der Waals surface area contributed by atoms with Gasteiger partial charge in [0.15, 0.2) is 0 Å². The Morgan fingerprint density at radius 1 is 0.527 bits per heavy atom. The number of nitrogens with one attached hydrogen (secondary N) is 1. The highest BCUT2D eigenvalue weighted by Crippen LogP contribution is 2.22. The van der Waals surface area contributed by atoms with Crippen molar-refractivity contribution in [2.45, 2.75) is 246 Å². The molecular weight excluding hydrogens is 685 g/mol. The molecule has 0 aromatic carbocycles. The summed E-state index contributed by atoms with van der Waals surface area (Å²) in [6.45, 7) is 13.8. The second-order valence-electron chi connectivity index (χ2n) is 16.7. The van der Waals surface area contributed by atoms with E-state index in [1.54, 1.807) is 0 Å². The molecule has 1 N–H and O–H groups in total. The second kappa shape index (κ2) is 40.6. The molecule has 0 rings (SSSR count). The van der Waals surface area contributed by atoms with Crippen molar-refractivity contribution in [2.75, 3.05) is 33.4 Å². The number of ether oxygens (including phenoxy) is 2. The largest absolute Gasteiger partial charge is 0.465 e. The number of rotatable bonds is 42. The van der Waals surface area contributed by atoms with Gasteiger partial charge in [-0.15, -0.1) is 0 Å². The molecule has 0 aromatic rings. The van der Waals surface area contributed by atoms with Gasteiger partial charge in [-0.3, -0.25) is 14.4 Å². The molecule has 7 nitrogen and oxygen atoms in total. The predicted molar refractivity (Wildman–Crippen MR) is 234 cm³/mol. The lowest BCUT2D eigenvalue weighted by atomic mass is 9.97. The van der Waals surface area contributed by atoms with Crippen LogP contribution < -0.4 is 5.32 Å². The highest BCUT2D eigenvalue weighted by Gasteiger charge is 2.23. The molecule has 0 bridgehead atoms. The molecule has 0 radical (unpaired) electrons. The van der Waals surface area contributed by atoms with Crippen molar-refractivity contribution in [3.63, 3.8) is 0 Å². The number of amides is 1. The van der Waals surface area contributed by atoms with Crippen LogP contribution in [0.25, 0.3) is 0 Å². The molecule has 0 heterocycles. The quantitative estimate of drug-likeness (QED) is 0.0491. The van der Waals surface area contributed by atoms with Crippen LogP contribution in [-0.2, 0) is 23.9 Å². The van der Waals surface area contributed by atoms with Crippen LogP contribution in [0.5, 0.6) is 0 Å². The molecule has 0 saturated carbocycles. The van der Waals surface area contributed by atoms with Crippen LogP contribution in [0.1, 0.15) is 240 Å². The molecule has 3 unspecified atom stereocenters. The zero-order chi connectivity index (χ0) is 40.6. The van der Waals surface area contributed by atoms with Crippen LogP contribution in [-0.4, -0.2) is 62.1 Å². The fourth-order valence-electron chi connectivity index (χ4n) is 7.73. The first-order chi connectivity index (χ1) is 26.9. The molecule has 0 spiro atoms. The molecule has 0 aliphatic heterocycles. The topological polar surface area (TPSA) is 84.9 Å². The number of hydrogen-bond donors (Lipinski definition) is 1. The summed E-state index contributed by atoms with van der Waals surface area (Å²) in [4.78, 5) is 40.7. The molecule has 1 amide bonds. The minimum Gasteiger partial charge on any atom is -0.465 e. The minimum atomic E-state index is -0.0242. The van der Waals surface area contributed by atoms with Gasteiger partial charge >= 0.3 is 11.9 Å². The lowest BCUT2D eigenvalue weighted by Crippen LogP contribution is -2.41. The van der Waals surface area contributed by atoms with E-state index in [-0.39, 0.29) is 17.9 Å². The van der Waals surface area contributed by atoms with Crippen molar-refractivity contribution in [1.29, 1.82) is 0 Å². The smallest absolute Gasteiger partial charge is 0.308 e. The maximum Gasteiger partial charge on any atom is 0.308 e. The first kappa shape index (κ1) is 53.4. The normalized spacial score (nSPS) is 13.1. The van der Waals surface area contributed by atoms with Crippen LogP contribution in [0.15, 0.2) is 0 Å². The molecule has 7 heteroatoms. The van der Waals surface area contributed by atoms with Crippen LogP contribution >= 0.6 is 0 Å². The molecule has 0 aromatic heterocycles. The van der Waals surface area contributed by atoms with Gasteiger partial charge < -0.3 is 19.7 Å². The summed E-state index contributed by atoms with van der Waals surface area (Å²) >= 11 is 0. The number of esters is 2. The van der Waals surface area contributed by atoms with E-state index in [0.29, 0.717) is 43.9 Å². The Labute approximate surface area is 342 Å². The number of unbranched alkanes of at least 4 members (excludes halogenated alkanes) is 18. The highest BCUT2D eigenvalue weighted by atomic mass is 16.5. The number of carbonyl (C=O) groups excluding carboxylic acids is 3. The summed E-state index contributed by atoms with van der Waals surface area (Å²) in [5, 5.41) is 3.29. The highest BCUT2D eigenvalue weighted by molar-refractivity contribution is 5.76. The third kappa shape index (κ3) is 32.1. The van der Waals surface area contributed by atoms with Crippen molar-refractivity contribution in [1.82, 2.24) is 10.2 Å². The van der Waals surface area contributed by atoms with Crippen LogP contribution in [0.2, 0.25) is 0 Å². The SMILES string of the molecule is CCCCCCCCCC(CCCCCCCCC(=O)OCC(CC)CCCC)N(CCCNC)C(=O)CCCCCCCCOC(=O)C(CC)CCCC. The second-order valence-corrected chi connectivity index (χ2v) is 16.7. The van der Waals surface area contributed by atoms with Crippen molar-refractivity contribution < 1.29 is 23.9 Å². The monoisotopic (exact) mass is 779 g/mol. The third-order valence-electron chi connectivity index (χ3n) is 11.7. The van der Waals surface area contributed by atoms with Crippen molar-refractivity contribution in [2.24, 2.45) is 11.8 Å². The molecule has 326 valence electrons. The standard InChI is InChI=1S/C48H94N2O5/c1-7-12-15-16-17-22-27-35-45(36-28-23-18-19-25-30-38-47(52)55-42-43(10-4)33-13-8-2)50(40-32-39-49-6)46(51)37-29-24-20-21-26-31-41-54-48(53)44(11-5)34-14-9-3/h43-45,49H,7-42H2,1-6H3.